The van der Waals surface area contributed by atoms with Gasteiger partial charge in [-0.3, -0.25) is 4.79 Å². The van der Waals surface area contributed by atoms with Crippen LogP contribution in [0.3, 0.4) is 0 Å². The molecule has 152 valence electrons. The molecular formula is C21H20F2N2O4. The number of para-hydroxylation sites is 1. The van der Waals surface area contributed by atoms with Crippen molar-refractivity contribution >= 4 is 11.6 Å². The van der Waals surface area contributed by atoms with E-state index in [4.69, 9.17) is 9.26 Å². The molecule has 0 saturated carbocycles. The van der Waals surface area contributed by atoms with E-state index < -0.39 is 12.5 Å². The molecule has 0 aliphatic rings. The van der Waals surface area contributed by atoms with Gasteiger partial charge in [-0.05, 0) is 50.1 Å². The number of benzene rings is 2. The lowest BCUT2D eigenvalue weighted by Crippen LogP contribution is -2.17. The average Bonchev–Trinajstić information content (AvgIpc) is 3.03. The van der Waals surface area contributed by atoms with E-state index in [1.165, 1.54) is 12.1 Å². The molecule has 1 N–H and O–H groups in total. The van der Waals surface area contributed by atoms with E-state index in [-0.39, 0.29) is 23.7 Å². The van der Waals surface area contributed by atoms with Gasteiger partial charge in [0, 0.05) is 0 Å². The summed E-state index contributed by atoms with van der Waals surface area (Å²) in [4.78, 5) is 12.7. The summed E-state index contributed by atoms with van der Waals surface area (Å²) in [6.07, 6.45) is 0. The van der Waals surface area contributed by atoms with Crippen molar-refractivity contribution in [2.24, 2.45) is 0 Å². The molecule has 2 aromatic carbocycles. The first kappa shape index (κ1) is 20.3. The molecule has 0 fully saturated rings. The van der Waals surface area contributed by atoms with Crippen LogP contribution in [-0.2, 0) is 6.61 Å². The van der Waals surface area contributed by atoms with Gasteiger partial charge in [0.05, 0.1) is 11.3 Å². The molecule has 3 aromatic rings. The van der Waals surface area contributed by atoms with Gasteiger partial charge in [-0.15, -0.1) is 0 Å². The van der Waals surface area contributed by atoms with Gasteiger partial charge in [-0.25, -0.2) is 0 Å². The van der Waals surface area contributed by atoms with Crippen molar-refractivity contribution < 1.29 is 27.6 Å². The molecule has 1 heterocycles. The van der Waals surface area contributed by atoms with Crippen LogP contribution in [0.1, 0.15) is 32.9 Å². The van der Waals surface area contributed by atoms with Crippen molar-refractivity contribution in [3.8, 4) is 11.5 Å². The Hall–Kier alpha value is -3.42. The monoisotopic (exact) mass is 402 g/mol. The molecule has 8 heteroatoms. The number of carbonyl (C=O) groups is 1. The number of amides is 1. The smallest absolute Gasteiger partial charge is 0.387 e. The number of halogens is 2. The number of nitrogens with zero attached hydrogens (tertiary/aromatic N) is 1. The molecule has 0 bridgehead atoms. The highest BCUT2D eigenvalue weighted by Crippen LogP contribution is 2.28. The van der Waals surface area contributed by atoms with Crippen molar-refractivity contribution in [3.05, 3.63) is 70.6 Å². The minimum atomic E-state index is -3.01. The number of nitrogens with one attached hydrogen (secondary N) is 1. The Kier molecular flexibility index (Phi) is 6.11. The number of aryl methyl sites for hydroxylation is 3. The highest BCUT2D eigenvalue weighted by Gasteiger charge is 2.22. The predicted octanol–water partition coefficient (Wildman–Crippen LogP) is 5.03. The zero-order valence-electron chi connectivity index (χ0n) is 16.2. The lowest BCUT2D eigenvalue weighted by molar-refractivity contribution is -0.0493. The number of aromatic nitrogens is 1. The first-order valence-corrected chi connectivity index (χ1v) is 8.85. The summed E-state index contributed by atoms with van der Waals surface area (Å²) in [7, 11) is 0. The molecule has 29 heavy (non-hydrogen) atoms. The highest BCUT2D eigenvalue weighted by molar-refractivity contribution is 6.04. The molecule has 0 saturated heterocycles. The van der Waals surface area contributed by atoms with Crippen LogP contribution in [0.4, 0.5) is 14.5 Å². The summed E-state index contributed by atoms with van der Waals surface area (Å²) in [5.41, 5.74) is 2.31. The van der Waals surface area contributed by atoms with Crippen molar-refractivity contribution in [2.75, 3.05) is 5.32 Å². The Morgan fingerprint density at radius 3 is 2.62 bits per heavy atom. The van der Waals surface area contributed by atoms with E-state index in [9.17, 15) is 13.6 Å². The fourth-order valence-electron chi connectivity index (χ4n) is 2.73. The standard InChI is InChI=1S/C21H20F2N2O4/c1-12-8-9-18(28-21(22)23)16(10-12)24-20(26)19-15(14(3)29-25-19)11-27-17-7-5-4-6-13(17)2/h4-10,21H,11H2,1-3H3,(H,24,26). The van der Waals surface area contributed by atoms with E-state index in [1.54, 1.807) is 19.9 Å². The van der Waals surface area contributed by atoms with Crippen LogP contribution in [0.15, 0.2) is 47.0 Å². The minimum Gasteiger partial charge on any atom is -0.488 e. The van der Waals surface area contributed by atoms with E-state index >= 15 is 0 Å². The number of alkyl halides is 2. The third-order valence-electron chi connectivity index (χ3n) is 4.26. The van der Waals surface area contributed by atoms with Crippen LogP contribution in [0.25, 0.3) is 0 Å². The molecule has 6 nitrogen and oxygen atoms in total. The van der Waals surface area contributed by atoms with Gasteiger partial charge < -0.3 is 19.3 Å². The Bertz CT molecular complexity index is 1020. The molecule has 1 aromatic heterocycles. The normalized spacial score (nSPS) is 10.8. The maximum atomic E-state index is 12.7. The van der Waals surface area contributed by atoms with Crippen LogP contribution >= 0.6 is 0 Å². The van der Waals surface area contributed by atoms with Gasteiger partial charge in [0.2, 0.25) is 0 Å². The summed E-state index contributed by atoms with van der Waals surface area (Å²) in [5, 5.41) is 6.36. The molecule has 0 spiro atoms. The second kappa shape index (κ2) is 8.72. The SMILES string of the molecule is Cc1ccc(OC(F)F)c(NC(=O)c2noc(C)c2COc2ccccc2C)c1. The number of carbonyl (C=O) groups excluding carboxylic acids is 1. The highest BCUT2D eigenvalue weighted by atomic mass is 19.3. The maximum Gasteiger partial charge on any atom is 0.387 e. The van der Waals surface area contributed by atoms with Gasteiger partial charge in [0.15, 0.2) is 5.69 Å². The summed E-state index contributed by atoms with van der Waals surface area (Å²) >= 11 is 0. The summed E-state index contributed by atoms with van der Waals surface area (Å²) in [5.74, 6) is 0.342. The second-order valence-corrected chi connectivity index (χ2v) is 6.45. The number of hydrogen-bond acceptors (Lipinski definition) is 5. The van der Waals surface area contributed by atoms with Gasteiger partial charge in [0.25, 0.3) is 5.91 Å². The number of hydrogen-bond donors (Lipinski definition) is 1. The number of anilines is 1. The summed E-state index contributed by atoms with van der Waals surface area (Å²) in [6, 6.07) is 12.0. The van der Waals surface area contributed by atoms with Crippen LogP contribution in [0.5, 0.6) is 11.5 Å². The van der Waals surface area contributed by atoms with Gasteiger partial charge in [-0.2, -0.15) is 8.78 Å². The molecule has 0 aliphatic heterocycles. The van der Waals surface area contributed by atoms with Crippen LogP contribution in [-0.4, -0.2) is 17.7 Å². The summed E-state index contributed by atoms with van der Waals surface area (Å²) < 4.78 is 40.7. The molecule has 0 atom stereocenters. The zero-order chi connectivity index (χ0) is 21.0. The van der Waals surface area contributed by atoms with Gasteiger partial charge in [-0.1, -0.05) is 29.4 Å². The van der Waals surface area contributed by atoms with E-state index in [0.29, 0.717) is 17.1 Å². The van der Waals surface area contributed by atoms with Crippen molar-refractivity contribution in [2.45, 2.75) is 34.0 Å². The lowest BCUT2D eigenvalue weighted by atomic mass is 10.1. The van der Waals surface area contributed by atoms with Crippen molar-refractivity contribution in [3.63, 3.8) is 0 Å². The Balaban J connectivity index is 1.81. The van der Waals surface area contributed by atoms with Crippen LogP contribution in [0.2, 0.25) is 0 Å². The molecule has 1 amide bonds. The third kappa shape index (κ3) is 4.90. The summed E-state index contributed by atoms with van der Waals surface area (Å²) in [6.45, 7) is 2.39. The predicted molar refractivity (Wildman–Crippen MR) is 103 cm³/mol. The minimum absolute atomic E-state index is 0.0144. The first-order chi connectivity index (χ1) is 13.8. The Morgan fingerprint density at radius 2 is 1.90 bits per heavy atom. The fraction of sp³-hybridized carbons (Fsp3) is 0.238. The molecule has 0 aliphatic carbocycles. The number of ether oxygens (including phenoxy) is 2. The molecule has 3 rings (SSSR count). The fourth-order valence-corrected chi connectivity index (χ4v) is 2.73. The topological polar surface area (TPSA) is 73.6 Å². The average molecular weight is 402 g/mol. The molecule has 0 radical (unpaired) electrons. The zero-order valence-corrected chi connectivity index (χ0v) is 16.2. The first-order valence-electron chi connectivity index (χ1n) is 8.85. The van der Waals surface area contributed by atoms with Gasteiger partial charge in [0.1, 0.15) is 23.9 Å². The lowest BCUT2D eigenvalue weighted by Gasteiger charge is -2.13. The molecular weight excluding hydrogens is 382 g/mol. The largest absolute Gasteiger partial charge is 0.488 e. The van der Waals surface area contributed by atoms with E-state index in [2.05, 4.69) is 15.2 Å². The van der Waals surface area contributed by atoms with Crippen molar-refractivity contribution in [1.29, 1.82) is 0 Å². The quantitative estimate of drug-likeness (QED) is 0.600. The maximum absolute atomic E-state index is 12.7. The molecule has 0 unspecified atom stereocenters. The van der Waals surface area contributed by atoms with Crippen molar-refractivity contribution in [1.82, 2.24) is 5.16 Å². The Morgan fingerprint density at radius 1 is 1.14 bits per heavy atom. The van der Waals surface area contributed by atoms with E-state index in [1.807, 2.05) is 31.2 Å². The van der Waals surface area contributed by atoms with Crippen LogP contribution < -0.4 is 14.8 Å². The third-order valence-corrected chi connectivity index (χ3v) is 4.26. The van der Waals surface area contributed by atoms with E-state index in [0.717, 1.165) is 11.1 Å². The van der Waals surface area contributed by atoms with Crippen LogP contribution in [0, 0.1) is 20.8 Å². The second-order valence-electron chi connectivity index (χ2n) is 6.45. The Labute approximate surface area is 166 Å². The van der Waals surface area contributed by atoms with Gasteiger partial charge >= 0.3 is 6.61 Å². The number of rotatable bonds is 7.